The Morgan fingerprint density at radius 1 is 0.568 bits per heavy atom. The van der Waals surface area contributed by atoms with E-state index < -0.39 is 0 Å². The highest BCUT2D eigenvalue weighted by Crippen LogP contribution is 2.57. The van der Waals surface area contributed by atoms with Gasteiger partial charge in [-0.05, 0) is 171 Å². The predicted octanol–water partition coefficient (Wildman–Crippen LogP) is 13.2. The molecule has 0 saturated carbocycles. The molecule has 0 amide bonds. The van der Waals surface area contributed by atoms with Gasteiger partial charge in [0.15, 0.2) is 0 Å². The molecule has 0 aromatic heterocycles. The Morgan fingerprint density at radius 2 is 1.45 bits per heavy atom. The molecule has 372 valence electrons. The zero-order chi connectivity index (χ0) is 48.2. The lowest BCUT2D eigenvalue weighted by atomic mass is 9.68. The number of benzene rings is 1. The van der Waals surface area contributed by atoms with Gasteiger partial charge in [0.2, 0.25) is 0 Å². The van der Waals surface area contributed by atoms with E-state index in [4.69, 9.17) is 4.74 Å². The first-order chi connectivity index (χ1) is 36.7. The van der Waals surface area contributed by atoms with E-state index in [9.17, 15) is 0 Å². The molecule has 0 radical (unpaired) electrons. The van der Waals surface area contributed by atoms with Crippen LogP contribution in [0.4, 0.5) is 0 Å². The van der Waals surface area contributed by atoms with E-state index in [1.54, 1.807) is 55.3 Å². The number of hydrogen-bond donors (Lipinski definition) is 0. The van der Waals surface area contributed by atoms with Crippen molar-refractivity contribution in [1.82, 2.24) is 14.7 Å². The van der Waals surface area contributed by atoms with Gasteiger partial charge in [0.25, 0.3) is 0 Å². The quantitative estimate of drug-likeness (QED) is 0.274. The SMILES string of the molecule is C1=CCCC(N2C3CC=C(C4C=CC5C(C4)C4=CC(C6C=CC7C(C6)C6=C(C=CCC6)N7C6=CC=CC7C8=C(C=CCC8)OC67)CCC4N5C4=c5cccc6c5=C(CC4)C4C=CC=CC64)C=C3C3CCC=CC32)=C1. The largest absolute Gasteiger partial charge is 0.483 e. The minimum atomic E-state index is 0.0719. The second-order valence-corrected chi connectivity index (χ2v) is 24.9. The summed E-state index contributed by atoms with van der Waals surface area (Å²) in [5.41, 5.74) is 17.7. The zero-order valence-electron chi connectivity index (χ0n) is 43.0. The molecule has 1 aromatic rings. The smallest absolute Gasteiger partial charge is 0.149 e. The summed E-state index contributed by atoms with van der Waals surface area (Å²) in [6.45, 7) is 0. The zero-order valence-corrected chi connectivity index (χ0v) is 43.0. The average molecular weight is 970 g/mol. The lowest BCUT2D eigenvalue weighted by Crippen LogP contribution is -2.45. The fourth-order valence-corrected chi connectivity index (χ4v) is 18.7. The molecule has 0 spiro atoms. The van der Waals surface area contributed by atoms with Crippen molar-refractivity contribution >= 4 is 11.3 Å². The van der Waals surface area contributed by atoms with Crippen LogP contribution in [0.1, 0.15) is 108 Å². The normalized spacial score (nSPS) is 39.8. The number of hydrogen-bond acceptors (Lipinski definition) is 4. The summed E-state index contributed by atoms with van der Waals surface area (Å²) in [4.78, 5) is 8.65. The Bertz CT molecular complexity index is 3320. The lowest BCUT2D eigenvalue weighted by Gasteiger charge is -2.41. The summed E-state index contributed by atoms with van der Waals surface area (Å²) >= 11 is 0. The van der Waals surface area contributed by atoms with Crippen molar-refractivity contribution in [2.45, 2.75) is 139 Å². The first-order valence-electron chi connectivity index (χ1n) is 29.6. The van der Waals surface area contributed by atoms with Crippen molar-refractivity contribution in [3.8, 4) is 0 Å². The minimum absolute atomic E-state index is 0.0719. The van der Waals surface area contributed by atoms with Gasteiger partial charge in [-0.1, -0.05) is 139 Å². The Balaban J connectivity index is 0.723. The summed E-state index contributed by atoms with van der Waals surface area (Å²) in [5.74, 6) is 5.82. The summed E-state index contributed by atoms with van der Waals surface area (Å²) in [5, 5.41) is 3.16. The standard InChI is InChI=1S/C70H71N3O/c1-2-14-46(15-3-1)71-60-24-9-6-18-49(60)56-38-42(28-33-63(56)71)44-30-35-65-58(40-44)59-41-45(31-36-66(59)72(65)62-37-32-53-48-17-5-4-16-47(48)52-21-12-23-55(62)69(52)53)43-29-34-64-57(39-43)50-19-7-10-25-61(50)73(64)67-26-13-22-54-51-20-8-11-27-68(51)74-70(54)67/h1-2,4-5,9-14,16-17,21-30,34-35,38,41,43-45,47-49,54,57-58,60,63-66,70H,3,6-8,15,18-20,31-33,36-37,39-40H2. The molecular weight excluding hydrogens is 899 g/mol. The molecule has 16 aliphatic rings. The molecule has 12 aliphatic carbocycles. The molecule has 0 N–H and O–H groups in total. The van der Waals surface area contributed by atoms with E-state index in [1.165, 1.54) is 81.2 Å². The summed E-state index contributed by atoms with van der Waals surface area (Å²) in [7, 11) is 0. The van der Waals surface area contributed by atoms with Crippen LogP contribution >= 0.6 is 0 Å². The van der Waals surface area contributed by atoms with Crippen molar-refractivity contribution in [1.29, 1.82) is 0 Å². The Kier molecular flexibility index (Phi) is 9.79. The molecule has 74 heavy (non-hydrogen) atoms. The van der Waals surface area contributed by atoms with Crippen LogP contribution in [0.3, 0.4) is 0 Å². The van der Waals surface area contributed by atoms with Crippen molar-refractivity contribution in [3.63, 3.8) is 0 Å². The number of nitrogens with zero attached hydrogens (tertiary/aromatic N) is 3. The van der Waals surface area contributed by atoms with Gasteiger partial charge in [-0.3, -0.25) is 0 Å². The molecule has 4 nitrogen and oxygen atoms in total. The monoisotopic (exact) mass is 970 g/mol. The Morgan fingerprint density at radius 3 is 2.39 bits per heavy atom. The number of allylic oxidation sites excluding steroid dienone is 20. The van der Waals surface area contributed by atoms with Gasteiger partial charge in [-0.15, -0.1) is 0 Å². The first-order valence-corrected chi connectivity index (χ1v) is 29.6. The van der Waals surface area contributed by atoms with Crippen LogP contribution in [0, 0.1) is 47.3 Å². The fourth-order valence-electron chi connectivity index (χ4n) is 18.7. The van der Waals surface area contributed by atoms with E-state index >= 15 is 0 Å². The molecule has 4 aliphatic heterocycles. The molecule has 0 bridgehead atoms. The van der Waals surface area contributed by atoms with Crippen LogP contribution in [0.15, 0.2) is 209 Å². The van der Waals surface area contributed by atoms with E-state index in [2.05, 4.69) is 173 Å². The van der Waals surface area contributed by atoms with Crippen molar-refractivity contribution in [2.75, 3.05) is 0 Å². The van der Waals surface area contributed by atoms with E-state index in [1.807, 2.05) is 0 Å². The van der Waals surface area contributed by atoms with Crippen molar-refractivity contribution < 1.29 is 4.74 Å². The highest BCUT2D eigenvalue weighted by molar-refractivity contribution is 5.69. The van der Waals surface area contributed by atoms with Crippen molar-refractivity contribution in [3.05, 3.63) is 225 Å². The van der Waals surface area contributed by atoms with E-state index in [0.717, 1.165) is 37.9 Å². The number of rotatable bonds is 5. The van der Waals surface area contributed by atoms with Crippen LogP contribution in [0.5, 0.6) is 0 Å². The highest BCUT2D eigenvalue weighted by Gasteiger charge is 2.53. The number of ether oxygens (including phenoxy) is 1. The van der Waals surface area contributed by atoms with Crippen LogP contribution in [-0.4, -0.2) is 51.0 Å². The maximum Gasteiger partial charge on any atom is 0.149 e. The summed E-state index contributed by atoms with van der Waals surface area (Å²) in [6.07, 6.45) is 75.5. The summed E-state index contributed by atoms with van der Waals surface area (Å²) in [6, 6.07) is 9.63. The Labute approximate surface area is 439 Å². The molecule has 2 saturated heterocycles. The van der Waals surface area contributed by atoms with Gasteiger partial charge in [0.1, 0.15) is 11.9 Å². The minimum Gasteiger partial charge on any atom is -0.483 e. The van der Waals surface area contributed by atoms with Crippen molar-refractivity contribution in [2.24, 2.45) is 47.3 Å². The molecule has 15 atom stereocenters. The molecule has 1 aromatic carbocycles. The van der Waals surface area contributed by atoms with Crippen LogP contribution < -0.4 is 10.4 Å². The Hall–Kier alpha value is -6.00. The molecular formula is C70H71N3O. The van der Waals surface area contributed by atoms with Crippen LogP contribution in [-0.2, 0) is 4.74 Å². The molecule has 4 heterocycles. The van der Waals surface area contributed by atoms with Crippen LogP contribution in [0.25, 0.3) is 11.3 Å². The second kappa shape index (κ2) is 16.8. The third kappa shape index (κ3) is 6.26. The van der Waals surface area contributed by atoms with Crippen LogP contribution in [0.2, 0.25) is 0 Å². The maximum atomic E-state index is 6.90. The predicted molar refractivity (Wildman–Crippen MR) is 298 cm³/mol. The molecule has 15 unspecified atom stereocenters. The fraction of sp³-hybridized carbons (Fsp3) is 0.429. The van der Waals surface area contributed by atoms with Gasteiger partial charge in [0, 0.05) is 63.7 Å². The lowest BCUT2D eigenvalue weighted by molar-refractivity contribution is 0.126. The van der Waals surface area contributed by atoms with E-state index in [-0.39, 0.29) is 6.10 Å². The van der Waals surface area contributed by atoms with Gasteiger partial charge in [-0.2, -0.15) is 0 Å². The van der Waals surface area contributed by atoms with Gasteiger partial charge >= 0.3 is 0 Å². The first kappa shape index (κ1) is 43.3. The number of likely N-dealkylation sites (tertiary alicyclic amines) is 2. The van der Waals surface area contributed by atoms with Gasteiger partial charge in [-0.25, -0.2) is 0 Å². The highest BCUT2D eigenvalue weighted by atomic mass is 16.5. The average Bonchev–Trinajstić information content (AvgIpc) is 4.27. The van der Waals surface area contributed by atoms with Gasteiger partial charge in [0.05, 0.1) is 35.9 Å². The third-order valence-electron chi connectivity index (χ3n) is 21.7. The molecule has 4 heteroatoms. The van der Waals surface area contributed by atoms with E-state index in [0.29, 0.717) is 83.5 Å². The number of fused-ring (bicyclic) bond motifs is 13. The maximum absolute atomic E-state index is 6.90. The van der Waals surface area contributed by atoms with Gasteiger partial charge < -0.3 is 19.4 Å². The third-order valence-corrected chi connectivity index (χ3v) is 21.7. The summed E-state index contributed by atoms with van der Waals surface area (Å²) < 4.78 is 6.90. The topological polar surface area (TPSA) is 19.0 Å². The molecule has 2 fully saturated rings. The molecule has 17 rings (SSSR count). The second-order valence-electron chi connectivity index (χ2n) is 24.9.